The lowest BCUT2D eigenvalue weighted by Crippen LogP contribution is -2.51. The number of phenolic OH excluding ortho intramolecular Hbond substituents is 1. The number of sulfonamides is 1. The van der Waals surface area contributed by atoms with Gasteiger partial charge in [0.25, 0.3) is 0 Å². The summed E-state index contributed by atoms with van der Waals surface area (Å²) in [4.78, 5) is 13.2. The highest BCUT2D eigenvalue weighted by molar-refractivity contribution is 7.89. The molecule has 0 aliphatic rings. The van der Waals surface area contributed by atoms with E-state index in [2.05, 4.69) is 5.32 Å². The minimum atomic E-state index is -3.95. The van der Waals surface area contributed by atoms with Crippen molar-refractivity contribution in [1.29, 1.82) is 0 Å². The number of aliphatic hydroxyl groups is 1. The van der Waals surface area contributed by atoms with Crippen LogP contribution in [0.4, 0.5) is 5.69 Å². The molecule has 0 saturated heterocycles. The number of methoxy groups -OCH3 is 2. The number of aryl methyl sites for hydroxylation is 1. The van der Waals surface area contributed by atoms with Crippen molar-refractivity contribution < 1.29 is 32.9 Å². The third-order valence-corrected chi connectivity index (χ3v) is 8.64. The van der Waals surface area contributed by atoms with Gasteiger partial charge in [0, 0.05) is 31.3 Å². The van der Waals surface area contributed by atoms with E-state index < -0.39 is 22.2 Å². The number of anilines is 1. The van der Waals surface area contributed by atoms with Crippen LogP contribution in [-0.2, 0) is 27.7 Å². The maximum absolute atomic E-state index is 13.6. The first-order chi connectivity index (χ1) is 19.9. The fraction of sp³-hybridized carbons (Fsp3) is 0.387. The van der Waals surface area contributed by atoms with Crippen molar-refractivity contribution >= 4 is 21.6 Å². The Balaban J connectivity index is 1.82. The highest BCUT2D eigenvalue weighted by Crippen LogP contribution is 2.34. The van der Waals surface area contributed by atoms with Crippen molar-refractivity contribution in [2.75, 3.05) is 33.0 Å². The van der Waals surface area contributed by atoms with Gasteiger partial charge in [-0.05, 0) is 60.2 Å². The van der Waals surface area contributed by atoms with Crippen molar-refractivity contribution in [2.45, 2.75) is 50.2 Å². The molecular formula is C31H41N3O7S. The van der Waals surface area contributed by atoms with Gasteiger partial charge in [0.05, 0.1) is 31.3 Å². The van der Waals surface area contributed by atoms with Crippen LogP contribution in [0.15, 0.2) is 71.6 Å². The second-order valence-electron chi connectivity index (χ2n) is 10.6. The van der Waals surface area contributed by atoms with Gasteiger partial charge in [0.15, 0.2) is 11.5 Å². The third-order valence-electron chi connectivity index (χ3n) is 6.79. The van der Waals surface area contributed by atoms with Crippen LogP contribution in [-0.4, -0.2) is 68.3 Å². The Kier molecular flexibility index (Phi) is 11.6. The number of nitrogens with two attached hydrogens (primary N) is 1. The van der Waals surface area contributed by atoms with Gasteiger partial charge in [-0.3, -0.25) is 4.79 Å². The van der Waals surface area contributed by atoms with Crippen molar-refractivity contribution in [3.63, 3.8) is 0 Å². The number of rotatable bonds is 15. The quantitative estimate of drug-likeness (QED) is 0.194. The largest absolute Gasteiger partial charge is 0.504 e. The highest BCUT2D eigenvalue weighted by Gasteiger charge is 2.31. The Bertz CT molecular complexity index is 1410. The third kappa shape index (κ3) is 8.85. The van der Waals surface area contributed by atoms with Crippen LogP contribution in [0.5, 0.6) is 17.2 Å². The van der Waals surface area contributed by atoms with E-state index in [0.29, 0.717) is 23.4 Å². The molecular weight excluding hydrogens is 558 g/mol. The van der Waals surface area contributed by atoms with E-state index in [-0.39, 0.29) is 54.2 Å². The summed E-state index contributed by atoms with van der Waals surface area (Å²) in [5.74, 6) is 0.255. The summed E-state index contributed by atoms with van der Waals surface area (Å²) in [7, 11) is -1.04. The van der Waals surface area contributed by atoms with E-state index in [0.717, 1.165) is 5.56 Å². The molecule has 0 heterocycles. The second kappa shape index (κ2) is 14.9. The maximum Gasteiger partial charge on any atom is 0.243 e. The normalized spacial score (nSPS) is 13.1. The predicted octanol–water partition coefficient (Wildman–Crippen LogP) is 3.36. The number of carbonyl (C=O) groups excluding carboxylic acids is 1. The van der Waals surface area contributed by atoms with Crippen LogP contribution in [0.3, 0.4) is 0 Å². The van der Waals surface area contributed by atoms with Crippen LogP contribution in [0.1, 0.15) is 31.4 Å². The molecule has 0 radical (unpaired) electrons. The number of aliphatic hydroxyl groups excluding tert-OH is 1. The van der Waals surface area contributed by atoms with Gasteiger partial charge in [0.2, 0.25) is 15.9 Å². The molecule has 0 saturated carbocycles. The lowest BCUT2D eigenvalue weighted by Gasteiger charge is -2.31. The van der Waals surface area contributed by atoms with Crippen molar-refractivity contribution in [1.82, 2.24) is 9.62 Å². The number of nitrogens with zero attached hydrogens (tertiary/aromatic N) is 1. The van der Waals surface area contributed by atoms with Crippen molar-refractivity contribution in [2.24, 2.45) is 5.92 Å². The van der Waals surface area contributed by atoms with Gasteiger partial charge < -0.3 is 30.7 Å². The Hall–Kier alpha value is -3.80. The SMILES string of the molecule is COc1cc(CCC(=O)N[C@@H](Cc2ccccc2)[C@H](O)CN(CC(C)C)S(=O)(=O)c2ccc(N)cc2)c(OC)cc1O. The molecule has 0 aromatic heterocycles. The summed E-state index contributed by atoms with van der Waals surface area (Å²) < 4.78 is 38.9. The standard InChI is InChI=1S/C31H41N3O7S/c1-21(2)19-34(42(38,39)25-13-11-24(32)12-14-25)20-28(36)26(16-22-8-6-5-7-9-22)33-31(37)15-10-23-17-30(41-4)27(35)18-29(23)40-3/h5-9,11-14,17-18,21,26,28,35-36H,10,15-16,19-20,32H2,1-4H3,(H,33,37)/t26-,28+/m0/s1. The fourth-order valence-corrected chi connectivity index (χ4v) is 6.24. The Labute approximate surface area is 248 Å². The molecule has 3 aromatic rings. The van der Waals surface area contributed by atoms with Gasteiger partial charge in [0.1, 0.15) is 5.75 Å². The summed E-state index contributed by atoms with van der Waals surface area (Å²) in [6.45, 7) is 3.76. The van der Waals surface area contributed by atoms with Crippen LogP contribution in [0.2, 0.25) is 0 Å². The molecule has 0 unspecified atom stereocenters. The van der Waals surface area contributed by atoms with Crippen LogP contribution in [0, 0.1) is 5.92 Å². The van der Waals surface area contributed by atoms with Crippen molar-refractivity contribution in [3.8, 4) is 17.2 Å². The zero-order valence-electron chi connectivity index (χ0n) is 24.5. The number of benzene rings is 3. The first-order valence-corrected chi connectivity index (χ1v) is 15.2. The summed E-state index contributed by atoms with van der Waals surface area (Å²) in [5.41, 5.74) is 7.74. The first kappa shape index (κ1) is 32.7. The molecule has 1 amide bonds. The first-order valence-electron chi connectivity index (χ1n) is 13.8. The average Bonchev–Trinajstić information content (AvgIpc) is 2.96. The number of nitrogen functional groups attached to an aromatic ring is 1. The second-order valence-corrected chi connectivity index (χ2v) is 12.5. The number of aromatic hydroxyl groups is 1. The summed E-state index contributed by atoms with van der Waals surface area (Å²) >= 11 is 0. The average molecular weight is 600 g/mol. The monoisotopic (exact) mass is 599 g/mol. The smallest absolute Gasteiger partial charge is 0.243 e. The van der Waals surface area contributed by atoms with Gasteiger partial charge in [-0.25, -0.2) is 8.42 Å². The molecule has 0 aliphatic heterocycles. The molecule has 0 fully saturated rings. The fourth-order valence-electron chi connectivity index (χ4n) is 4.62. The molecule has 10 nitrogen and oxygen atoms in total. The molecule has 0 spiro atoms. The number of nitrogens with one attached hydrogen (secondary N) is 1. The van der Waals surface area contributed by atoms with Gasteiger partial charge >= 0.3 is 0 Å². The number of carbonyl (C=O) groups is 1. The van der Waals surface area contributed by atoms with E-state index in [1.54, 1.807) is 6.07 Å². The van der Waals surface area contributed by atoms with E-state index >= 15 is 0 Å². The van der Waals surface area contributed by atoms with Gasteiger partial charge in [-0.1, -0.05) is 44.2 Å². The molecule has 0 bridgehead atoms. The number of amides is 1. The van der Waals surface area contributed by atoms with Gasteiger partial charge in [-0.15, -0.1) is 0 Å². The number of hydrogen-bond acceptors (Lipinski definition) is 8. The molecule has 11 heteroatoms. The maximum atomic E-state index is 13.6. The minimum absolute atomic E-state index is 0.0137. The van der Waals surface area contributed by atoms with E-state index in [4.69, 9.17) is 15.2 Å². The van der Waals surface area contributed by atoms with E-state index in [1.165, 1.54) is 48.9 Å². The Morgan fingerprint density at radius 2 is 1.62 bits per heavy atom. The van der Waals surface area contributed by atoms with E-state index in [9.17, 15) is 23.4 Å². The number of phenols is 1. The molecule has 3 rings (SSSR count). The Morgan fingerprint density at radius 1 is 0.976 bits per heavy atom. The van der Waals surface area contributed by atoms with Crippen molar-refractivity contribution in [3.05, 3.63) is 77.9 Å². The molecule has 228 valence electrons. The molecule has 42 heavy (non-hydrogen) atoms. The van der Waals surface area contributed by atoms with Crippen LogP contribution < -0.4 is 20.5 Å². The number of hydrogen-bond donors (Lipinski definition) is 4. The lowest BCUT2D eigenvalue weighted by molar-refractivity contribution is -0.122. The molecule has 2 atom stereocenters. The van der Waals surface area contributed by atoms with Gasteiger partial charge in [-0.2, -0.15) is 4.31 Å². The summed E-state index contributed by atoms with van der Waals surface area (Å²) in [5, 5.41) is 24.4. The molecule has 5 N–H and O–H groups in total. The number of ether oxygens (including phenoxy) is 2. The Morgan fingerprint density at radius 3 is 2.21 bits per heavy atom. The predicted molar refractivity (Wildman–Crippen MR) is 162 cm³/mol. The van der Waals surface area contributed by atoms with E-state index in [1.807, 2.05) is 44.2 Å². The molecule has 3 aromatic carbocycles. The lowest BCUT2D eigenvalue weighted by atomic mass is 10.00. The molecule has 0 aliphatic carbocycles. The van der Waals surface area contributed by atoms with Crippen LogP contribution >= 0.6 is 0 Å². The summed E-state index contributed by atoms with van der Waals surface area (Å²) in [6.07, 6.45) is -0.576. The topological polar surface area (TPSA) is 151 Å². The zero-order chi connectivity index (χ0) is 30.9. The van der Waals surface area contributed by atoms with Crippen LogP contribution in [0.25, 0.3) is 0 Å². The zero-order valence-corrected chi connectivity index (χ0v) is 25.3. The minimum Gasteiger partial charge on any atom is -0.504 e. The highest BCUT2D eigenvalue weighted by atomic mass is 32.2. The summed E-state index contributed by atoms with van der Waals surface area (Å²) in [6, 6.07) is 17.6.